The summed E-state index contributed by atoms with van der Waals surface area (Å²) in [6, 6.07) is 15.5. The van der Waals surface area contributed by atoms with E-state index in [1.165, 1.54) is 56.3 Å². The van der Waals surface area contributed by atoms with Gasteiger partial charge in [-0.05, 0) is 71.7 Å². The van der Waals surface area contributed by atoms with Crippen LogP contribution in [-0.4, -0.2) is 8.42 Å². The smallest absolute Gasteiger partial charge is 0.203 e. The van der Waals surface area contributed by atoms with Crippen molar-refractivity contribution in [1.82, 2.24) is 0 Å². The van der Waals surface area contributed by atoms with E-state index in [0.29, 0.717) is 0 Å². The largest absolute Gasteiger partial charge is 0.418 e. The SMILES string of the molecule is Cc1cc(C)cc(S(OS(=O)(=O)c2c(C(F)(F)F)c(C(F)(F)F)c(C(F)(F)F)c(C(F)(F)F)c2C(F)(F)F)(c2ccccc2)c2ccccc2)c1. The molecule has 0 aliphatic heterocycles. The summed E-state index contributed by atoms with van der Waals surface area (Å²) >= 11 is 0. The maximum Gasteiger partial charge on any atom is 0.418 e. The average molecular weight is 789 g/mol. The Morgan fingerprint density at radius 2 is 0.725 bits per heavy atom. The van der Waals surface area contributed by atoms with Gasteiger partial charge in [-0.15, -0.1) is 0 Å². The van der Waals surface area contributed by atoms with E-state index in [0.717, 1.165) is 36.4 Å². The molecule has 3 nitrogen and oxygen atoms in total. The summed E-state index contributed by atoms with van der Waals surface area (Å²) in [6.07, 6.45) is -35.8. The average Bonchev–Trinajstić information content (AvgIpc) is 2.96. The van der Waals surface area contributed by atoms with Gasteiger partial charge in [-0.2, -0.15) is 74.3 Å². The first-order valence-corrected chi connectivity index (χ1v) is 16.6. The molecule has 0 bridgehead atoms. The summed E-state index contributed by atoms with van der Waals surface area (Å²) in [5.41, 5.74) is -21.0. The second-order valence-electron chi connectivity index (χ2n) is 10.7. The summed E-state index contributed by atoms with van der Waals surface area (Å²) in [5.74, 6) is 0. The molecular weight excluding hydrogens is 769 g/mol. The molecule has 0 spiro atoms. The van der Waals surface area contributed by atoms with Crippen molar-refractivity contribution in [3.63, 3.8) is 0 Å². The van der Waals surface area contributed by atoms with Crippen LogP contribution in [0.5, 0.6) is 0 Å². The van der Waals surface area contributed by atoms with E-state index in [9.17, 15) is 74.3 Å². The molecule has 0 amide bonds. The molecule has 4 rings (SSSR count). The molecule has 0 aliphatic carbocycles. The van der Waals surface area contributed by atoms with Gasteiger partial charge in [-0.25, -0.2) is 3.63 Å². The van der Waals surface area contributed by atoms with Crippen LogP contribution in [0.2, 0.25) is 0 Å². The van der Waals surface area contributed by atoms with Crippen LogP contribution in [0.4, 0.5) is 65.9 Å². The van der Waals surface area contributed by atoms with Crippen LogP contribution in [0, 0.1) is 13.8 Å². The third-order valence-electron chi connectivity index (χ3n) is 6.99. The highest BCUT2D eigenvalue weighted by atomic mass is 32.3. The number of halogens is 15. The predicted molar refractivity (Wildman–Crippen MR) is 151 cm³/mol. The van der Waals surface area contributed by atoms with E-state index < -0.39 is 84.0 Å². The lowest BCUT2D eigenvalue weighted by atomic mass is 9.89. The first kappa shape index (κ1) is 39.9. The highest BCUT2D eigenvalue weighted by Gasteiger charge is 2.62. The highest BCUT2D eigenvalue weighted by Crippen LogP contribution is 2.71. The minimum atomic E-state index is -7.31. The van der Waals surface area contributed by atoms with Crippen molar-refractivity contribution in [1.29, 1.82) is 0 Å². The Bertz CT molecular complexity index is 1920. The Morgan fingerprint density at radius 3 is 1.02 bits per heavy atom. The fourth-order valence-electron chi connectivity index (χ4n) is 5.39. The van der Waals surface area contributed by atoms with Gasteiger partial charge < -0.3 is 0 Å². The van der Waals surface area contributed by atoms with Gasteiger partial charge in [0.25, 0.3) is 0 Å². The van der Waals surface area contributed by atoms with Crippen molar-refractivity contribution in [2.45, 2.75) is 64.3 Å². The molecule has 0 aliphatic rings. The lowest BCUT2D eigenvalue weighted by molar-refractivity contribution is -0.191. The molecule has 4 aromatic carbocycles. The fourth-order valence-corrected chi connectivity index (χ4v) is 11.2. The molecule has 51 heavy (non-hydrogen) atoms. The monoisotopic (exact) mass is 788 g/mol. The van der Waals surface area contributed by atoms with E-state index in [2.05, 4.69) is 0 Å². The van der Waals surface area contributed by atoms with Gasteiger partial charge in [0, 0.05) is 14.7 Å². The molecule has 4 aromatic rings. The molecule has 0 aromatic heterocycles. The number of hydrogen-bond donors (Lipinski definition) is 0. The fraction of sp³-hybridized carbons (Fsp3) is 0.226. The van der Waals surface area contributed by atoms with Crippen molar-refractivity contribution < 1.29 is 77.9 Å². The summed E-state index contributed by atoms with van der Waals surface area (Å²) in [4.78, 5) is -4.90. The van der Waals surface area contributed by atoms with Gasteiger partial charge in [-0.3, -0.25) is 0 Å². The summed E-state index contributed by atoms with van der Waals surface area (Å²) in [7, 11) is -11.7. The molecule has 278 valence electrons. The summed E-state index contributed by atoms with van der Waals surface area (Å²) in [6.45, 7) is 2.82. The van der Waals surface area contributed by atoms with Crippen LogP contribution < -0.4 is 0 Å². The first-order chi connectivity index (χ1) is 23.0. The predicted octanol–water partition coefficient (Wildman–Crippen LogP) is 12.0. The van der Waals surface area contributed by atoms with Crippen LogP contribution in [0.15, 0.2) is 98.4 Å². The van der Waals surface area contributed by atoms with Gasteiger partial charge in [0.05, 0.1) is 27.8 Å². The van der Waals surface area contributed by atoms with Crippen molar-refractivity contribution >= 4 is 20.4 Å². The summed E-state index contributed by atoms with van der Waals surface area (Å²) in [5, 5.41) is 0. The Labute approximate surface area is 280 Å². The van der Waals surface area contributed by atoms with Crippen molar-refractivity contribution in [3.05, 3.63) is 118 Å². The highest BCUT2D eigenvalue weighted by molar-refractivity contribution is 8.33. The molecular formula is C31H19F15O3S2. The molecule has 20 heteroatoms. The minimum absolute atomic E-state index is 0.273. The first-order valence-electron chi connectivity index (χ1n) is 13.6. The standard InChI is InChI=1S/C31H19F15O3S2/c1-16-13-17(2)15-20(14-16)50(18-9-5-3-6-10-18,19-11-7-4-8-12-19)49-51(47,48)26-24(30(41,42)43)22(28(35,36)37)21(27(32,33)34)23(29(38,39)40)25(26)31(44,45)46/h3-15H,1-2H3. The number of aryl methyl sites for hydroxylation is 2. The lowest BCUT2D eigenvalue weighted by Crippen LogP contribution is -2.34. The molecule has 0 unspecified atom stereocenters. The van der Waals surface area contributed by atoms with Crippen molar-refractivity contribution in [3.8, 4) is 0 Å². The second kappa shape index (κ2) is 12.9. The maximum atomic E-state index is 14.6. The zero-order chi connectivity index (χ0) is 38.8. The Balaban J connectivity index is 2.40. The van der Waals surface area contributed by atoms with Gasteiger partial charge in [0.2, 0.25) is 0 Å². The molecule has 0 fully saturated rings. The molecule has 0 heterocycles. The van der Waals surface area contributed by atoms with E-state index in [4.69, 9.17) is 3.63 Å². The molecule has 0 saturated carbocycles. The van der Waals surface area contributed by atoms with Gasteiger partial charge in [0.1, 0.15) is 4.90 Å². The molecule has 0 radical (unpaired) electrons. The topological polar surface area (TPSA) is 43.4 Å². The van der Waals surface area contributed by atoms with Gasteiger partial charge in [-0.1, -0.05) is 42.5 Å². The minimum Gasteiger partial charge on any atom is -0.203 e. The van der Waals surface area contributed by atoms with Crippen LogP contribution in [0.25, 0.3) is 0 Å². The number of hydrogen-bond acceptors (Lipinski definition) is 3. The normalized spacial score (nSPS) is 14.1. The zero-order valence-corrected chi connectivity index (χ0v) is 26.8. The number of rotatable bonds is 6. The van der Waals surface area contributed by atoms with E-state index >= 15 is 0 Å². The van der Waals surface area contributed by atoms with E-state index in [-0.39, 0.29) is 25.8 Å². The molecule has 0 saturated heterocycles. The van der Waals surface area contributed by atoms with Crippen LogP contribution in [0.1, 0.15) is 38.9 Å². The van der Waals surface area contributed by atoms with E-state index in [1.807, 2.05) is 0 Å². The molecule has 0 N–H and O–H groups in total. The van der Waals surface area contributed by atoms with Crippen LogP contribution >= 0.6 is 10.3 Å². The third kappa shape index (κ3) is 7.67. The van der Waals surface area contributed by atoms with Crippen molar-refractivity contribution in [2.75, 3.05) is 0 Å². The molecule has 0 atom stereocenters. The Kier molecular flexibility index (Phi) is 10.1. The van der Waals surface area contributed by atoms with Crippen LogP contribution in [-0.2, 0) is 44.6 Å². The summed E-state index contributed by atoms with van der Waals surface area (Å²) < 4.78 is 249. The lowest BCUT2D eigenvalue weighted by Gasteiger charge is -2.40. The van der Waals surface area contributed by atoms with Gasteiger partial charge in [0.15, 0.2) is 0 Å². The van der Waals surface area contributed by atoms with Gasteiger partial charge >= 0.3 is 41.0 Å². The Hall–Kier alpha value is -3.91. The quantitative estimate of drug-likeness (QED) is 0.183. The zero-order valence-electron chi connectivity index (χ0n) is 25.2. The Morgan fingerprint density at radius 1 is 0.431 bits per heavy atom. The number of alkyl halides is 15. The van der Waals surface area contributed by atoms with Crippen molar-refractivity contribution in [2.24, 2.45) is 0 Å². The van der Waals surface area contributed by atoms with Crippen LogP contribution in [0.3, 0.4) is 0 Å². The van der Waals surface area contributed by atoms with E-state index in [1.54, 1.807) is 0 Å². The third-order valence-corrected chi connectivity index (χ3v) is 12.2. The maximum absolute atomic E-state index is 14.6. The number of benzene rings is 4. The second-order valence-corrected chi connectivity index (χ2v) is 15.1.